The summed E-state index contributed by atoms with van der Waals surface area (Å²) in [7, 11) is 0. The minimum atomic E-state index is 0.108. The Hall–Kier alpha value is -1.06. The molecule has 1 saturated heterocycles. The van der Waals surface area contributed by atoms with Crippen LogP contribution in [0.2, 0.25) is 0 Å². The Morgan fingerprint density at radius 2 is 2.26 bits per heavy atom. The van der Waals surface area contributed by atoms with Crippen LogP contribution in [0.3, 0.4) is 0 Å². The second-order valence-corrected chi connectivity index (χ2v) is 5.41. The number of ether oxygens (including phenoxy) is 2. The monoisotopic (exact) mass is 263 g/mol. The number of rotatable bonds is 5. The van der Waals surface area contributed by atoms with Crippen LogP contribution in [0.25, 0.3) is 0 Å². The van der Waals surface area contributed by atoms with Crippen LogP contribution in [0.5, 0.6) is 5.75 Å². The summed E-state index contributed by atoms with van der Waals surface area (Å²) in [5.41, 5.74) is 1.31. The van der Waals surface area contributed by atoms with Gasteiger partial charge in [-0.05, 0) is 36.6 Å². The molecule has 19 heavy (non-hydrogen) atoms. The maximum absolute atomic E-state index is 6.12. The van der Waals surface area contributed by atoms with Crippen molar-refractivity contribution in [2.75, 3.05) is 19.8 Å². The maximum Gasteiger partial charge on any atom is 0.137 e. The van der Waals surface area contributed by atoms with Gasteiger partial charge in [0.05, 0.1) is 6.61 Å². The van der Waals surface area contributed by atoms with Gasteiger partial charge in [-0.2, -0.15) is 0 Å². The SMILES string of the molecule is CCNC1CCOCC1Oc1cccc(C(C)C)c1. The minimum Gasteiger partial charge on any atom is -0.486 e. The van der Waals surface area contributed by atoms with Gasteiger partial charge in [0.2, 0.25) is 0 Å². The molecule has 0 saturated carbocycles. The van der Waals surface area contributed by atoms with Crippen molar-refractivity contribution in [1.29, 1.82) is 0 Å². The highest BCUT2D eigenvalue weighted by Gasteiger charge is 2.26. The molecule has 0 spiro atoms. The van der Waals surface area contributed by atoms with Gasteiger partial charge in [0.15, 0.2) is 0 Å². The van der Waals surface area contributed by atoms with Crippen LogP contribution >= 0.6 is 0 Å². The lowest BCUT2D eigenvalue weighted by Crippen LogP contribution is -2.49. The van der Waals surface area contributed by atoms with Gasteiger partial charge in [-0.3, -0.25) is 0 Å². The fourth-order valence-electron chi connectivity index (χ4n) is 2.45. The van der Waals surface area contributed by atoms with Crippen molar-refractivity contribution in [3.8, 4) is 5.75 Å². The molecule has 0 aliphatic carbocycles. The lowest BCUT2D eigenvalue weighted by atomic mass is 10.0. The van der Waals surface area contributed by atoms with E-state index in [1.54, 1.807) is 0 Å². The molecule has 0 aromatic heterocycles. The molecule has 1 aromatic carbocycles. The van der Waals surface area contributed by atoms with Crippen LogP contribution in [0.15, 0.2) is 24.3 Å². The summed E-state index contributed by atoms with van der Waals surface area (Å²) in [6.07, 6.45) is 1.12. The Bertz CT molecular complexity index is 390. The summed E-state index contributed by atoms with van der Waals surface area (Å²) in [6, 6.07) is 8.78. The lowest BCUT2D eigenvalue weighted by Gasteiger charge is -2.32. The molecule has 1 heterocycles. The fourth-order valence-corrected chi connectivity index (χ4v) is 2.45. The van der Waals surface area contributed by atoms with E-state index in [9.17, 15) is 0 Å². The van der Waals surface area contributed by atoms with Crippen LogP contribution in [0.4, 0.5) is 0 Å². The highest BCUT2D eigenvalue weighted by molar-refractivity contribution is 5.30. The third-order valence-electron chi connectivity index (χ3n) is 3.58. The molecule has 1 aliphatic rings. The maximum atomic E-state index is 6.12. The molecule has 1 fully saturated rings. The molecule has 2 unspecified atom stereocenters. The molecular weight excluding hydrogens is 238 g/mol. The number of likely N-dealkylation sites (N-methyl/N-ethyl adjacent to an activating group) is 1. The van der Waals surface area contributed by atoms with Gasteiger partial charge < -0.3 is 14.8 Å². The molecule has 2 rings (SSSR count). The normalized spacial score (nSPS) is 23.6. The summed E-state index contributed by atoms with van der Waals surface area (Å²) < 4.78 is 11.7. The van der Waals surface area contributed by atoms with Gasteiger partial charge >= 0.3 is 0 Å². The molecule has 106 valence electrons. The third-order valence-corrected chi connectivity index (χ3v) is 3.58. The highest BCUT2D eigenvalue weighted by Crippen LogP contribution is 2.23. The first kappa shape index (κ1) is 14.4. The van der Waals surface area contributed by atoms with Crippen LogP contribution in [0, 0.1) is 0 Å². The predicted molar refractivity (Wildman–Crippen MR) is 77.8 cm³/mol. The second-order valence-electron chi connectivity index (χ2n) is 5.41. The van der Waals surface area contributed by atoms with Crippen molar-refractivity contribution in [2.24, 2.45) is 0 Å². The summed E-state index contributed by atoms with van der Waals surface area (Å²) in [6.45, 7) is 8.99. The second kappa shape index (κ2) is 6.92. The summed E-state index contributed by atoms with van der Waals surface area (Å²) >= 11 is 0. The van der Waals surface area contributed by atoms with Gasteiger partial charge in [-0.15, -0.1) is 0 Å². The summed E-state index contributed by atoms with van der Waals surface area (Å²) in [5.74, 6) is 1.47. The predicted octanol–water partition coefficient (Wildman–Crippen LogP) is 2.96. The van der Waals surface area contributed by atoms with E-state index >= 15 is 0 Å². The molecule has 3 heteroatoms. The van der Waals surface area contributed by atoms with E-state index in [0.717, 1.165) is 25.3 Å². The largest absolute Gasteiger partial charge is 0.486 e. The van der Waals surface area contributed by atoms with Crippen molar-refractivity contribution < 1.29 is 9.47 Å². The zero-order chi connectivity index (χ0) is 13.7. The molecule has 0 bridgehead atoms. The van der Waals surface area contributed by atoms with Crippen LogP contribution in [-0.2, 0) is 4.74 Å². The van der Waals surface area contributed by atoms with E-state index < -0.39 is 0 Å². The van der Waals surface area contributed by atoms with E-state index in [2.05, 4.69) is 44.3 Å². The number of benzene rings is 1. The van der Waals surface area contributed by atoms with Crippen molar-refractivity contribution >= 4 is 0 Å². The highest BCUT2D eigenvalue weighted by atomic mass is 16.5. The van der Waals surface area contributed by atoms with Crippen molar-refractivity contribution in [2.45, 2.75) is 45.3 Å². The first-order valence-electron chi connectivity index (χ1n) is 7.28. The summed E-state index contributed by atoms with van der Waals surface area (Å²) in [5, 5.41) is 3.49. The van der Waals surface area contributed by atoms with Crippen molar-refractivity contribution in [3.63, 3.8) is 0 Å². The first-order chi connectivity index (χ1) is 9.20. The third kappa shape index (κ3) is 3.95. The minimum absolute atomic E-state index is 0.108. The quantitative estimate of drug-likeness (QED) is 0.886. The Morgan fingerprint density at radius 3 is 3.00 bits per heavy atom. The Labute approximate surface area is 116 Å². The zero-order valence-corrected chi connectivity index (χ0v) is 12.2. The number of hydrogen-bond donors (Lipinski definition) is 1. The van der Waals surface area contributed by atoms with E-state index in [1.807, 2.05) is 6.07 Å². The topological polar surface area (TPSA) is 30.5 Å². The average molecular weight is 263 g/mol. The van der Waals surface area contributed by atoms with E-state index in [1.165, 1.54) is 5.56 Å². The van der Waals surface area contributed by atoms with Crippen molar-refractivity contribution in [1.82, 2.24) is 5.32 Å². The Morgan fingerprint density at radius 1 is 1.42 bits per heavy atom. The van der Waals surface area contributed by atoms with Gasteiger partial charge in [-0.1, -0.05) is 32.9 Å². The number of hydrogen-bond acceptors (Lipinski definition) is 3. The molecule has 1 N–H and O–H groups in total. The van der Waals surface area contributed by atoms with Crippen molar-refractivity contribution in [3.05, 3.63) is 29.8 Å². The lowest BCUT2D eigenvalue weighted by molar-refractivity contribution is -0.0143. The Balaban J connectivity index is 2.03. The molecule has 0 radical (unpaired) electrons. The van der Waals surface area contributed by atoms with E-state index in [0.29, 0.717) is 18.6 Å². The molecule has 1 aromatic rings. The molecule has 0 amide bonds. The molecule has 2 atom stereocenters. The van der Waals surface area contributed by atoms with E-state index in [-0.39, 0.29) is 6.10 Å². The fraction of sp³-hybridized carbons (Fsp3) is 0.625. The molecular formula is C16H25NO2. The van der Waals surface area contributed by atoms with Crippen LogP contribution in [0.1, 0.15) is 38.7 Å². The molecule has 1 aliphatic heterocycles. The smallest absolute Gasteiger partial charge is 0.137 e. The van der Waals surface area contributed by atoms with Gasteiger partial charge in [0, 0.05) is 12.6 Å². The van der Waals surface area contributed by atoms with E-state index in [4.69, 9.17) is 9.47 Å². The molecule has 3 nitrogen and oxygen atoms in total. The van der Waals surface area contributed by atoms with Crippen LogP contribution < -0.4 is 10.1 Å². The first-order valence-corrected chi connectivity index (χ1v) is 7.28. The number of nitrogens with one attached hydrogen (secondary N) is 1. The van der Waals surface area contributed by atoms with Gasteiger partial charge in [0.1, 0.15) is 11.9 Å². The van der Waals surface area contributed by atoms with Gasteiger partial charge in [0.25, 0.3) is 0 Å². The summed E-state index contributed by atoms with van der Waals surface area (Å²) in [4.78, 5) is 0. The standard InChI is InChI=1S/C16H25NO2/c1-4-17-15-8-9-18-11-16(15)19-14-7-5-6-13(10-14)12(2)3/h5-7,10,12,15-17H,4,8-9,11H2,1-3H3. The van der Waals surface area contributed by atoms with Gasteiger partial charge in [-0.25, -0.2) is 0 Å². The Kier molecular flexibility index (Phi) is 5.23. The average Bonchev–Trinajstić information content (AvgIpc) is 2.41. The van der Waals surface area contributed by atoms with Crippen LogP contribution in [-0.4, -0.2) is 31.9 Å². The zero-order valence-electron chi connectivity index (χ0n) is 12.2.